The van der Waals surface area contributed by atoms with Gasteiger partial charge in [0, 0.05) is 25.1 Å². The molecule has 1 aromatic carbocycles. The molecule has 3 rings (SSSR count). The van der Waals surface area contributed by atoms with Crippen LogP contribution >= 0.6 is 11.8 Å². The summed E-state index contributed by atoms with van der Waals surface area (Å²) < 4.78 is 0. The molecule has 0 unspecified atom stereocenters. The molecule has 130 valence electrons. The predicted octanol–water partition coefficient (Wildman–Crippen LogP) is 4.41. The summed E-state index contributed by atoms with van der Waals surface area (Å²) in [6.45, 7) is 0.611. The number of carbonyl (C=O) groups excluding carboxylic acids is 2. The lowest BCUT2D eigenvalue weighted by atomic mass is 9.76. The summed E-state index contributed by atoms with van der Waals surface area (Å²) >= 11 is 1.92. The van der Waals surface area contributed by atoms with Gasteiger partial charge in [-0.1, -0.05) is 43.2 Å². The summed E-state index contributed by atoms with van der Waals surface area (Å²) in [6, 6.07) is 10.5. The molecule has 1 aliphatic heterocycles. The van der Waals surface area contributed by atoms with Gasteiger partial charge in [0.25, 0.3) is 0 Å². The molecule has 3 nitrogen and oxygen atoms in total. The average molecular weight is 346 g/mol. The number of unbranched alkanes of at least 4 members (excludes halogenated alkanes) is 1. The Hall–Kier alpha value is -1.29. The minimum atomic E-state index is 0.0240. The zero-order valence-electron chi connectivity index (χ0n) is 14.3. The summed E-state index contributed by atoms with van der Waals surface area (Å²) in [5.41, 5.74) is 1.38. The number of thioether (sulfide) groups is 1. The minimum absolute atomic E-state index is 0.0240. The molecule has 1 spiro atoms. The van der Waals surface area contributed by atoms with E-state index in [-0.39, 0.29) is 17.2 Å². The van der Waals surface area contributed by atoms with Crippen LogP contribution in [-0.2, 0) is 15.3 Å². The van der Waals surface area contributed by atoms with E-state index in [2.05, 4.69) is 24.3 Å². The van der Waals surface area contributed by atoms with Gasteiger partial charge < -0.3 is 0 Å². The monoisotopic (exact) mass is 345 g/mol. The lowest BCUT2D eigenvalue weighted by molar-refractivity contribution is -0.153. The Morgan fingerprint density at radius 3 is 2.29 bits per heavy atom. The number of piperidine rings is 1. The van der Waals surface area contributed by atoms with Crippen LogP contribution in [0.15, 0.2) is 30.3 Å². The van der Waals surface area contributed by atoms with Crippen LogP contribution in [0, 0.1) is 5.41 Å². The second-order valence-corrected chi connectivity index (χ2v) is 8.35. The van der Waals surface area contributed by atoms with Crippen molar-refractivity contribution in [3.05, 3.63) is 35.9 Å². The highest BCUT2D eigenvalue weighted by Crippen LogP contribution is 2.46. The second kappa shape index (κ2) is 8.19. The normalized spacial score (nSPS) is 20.1. The topological polar surface area (TPSA) is 37.4 Å². The first kappa shape index (κ1) is 17.5. The van der Waals surface area contributed by atoms with E-state index in [1.54, 1.807) is 0 Å². The van der Waals surface area contributed by atoms with Crippen molar-refractivity contribution in [1.82, 2.24) is 4.90 Å². The third-order valence-corrected chi connectivity index (χ3v) is 6.47. The maximum Gasteiger partial charge on any atom is 0.229 e. The van der Waals surface area contributed by atoms with E-state index in [1.807, 2.05) is 17.8 Å². The molecule has 0 aromatic heterocycles. The Morgan fingerprint density at radius 1 is 0.958 bits per heavy atom. The molecule has 2 fully saturated rings. The standard InChI is InChI=1S/C20H27NO2S/c22-18-14-20(10-4-5-11-20)15-19(23)21(18)12-6-7-13-24-16-17-8-2-1-3-9-17/h1-3,8-9H,4-7,10-16H2. The molecule has 1 saturated carbocycles. The number of carbonyl (C=O) groups is 2. The molecule has 2 aliphatic rings. The Bertz CT molecular complexity index is 546. The summed E-state index contributed by atoms with van der Waals surface area (Å²) in [6.07, 6.45) is 7.66. The number of rotatable bonds is 7. The van der Waals surface area contributed by atoms with E-state index >= 15 is 0 Å². The molecule has 24 heavy (non-hydrogen) atoms. The fraction of sp³-hybridized carbons (Fsp3) is 0.600. The molecule has 4 heteroatoms. The van der Waals surface area contributed by atoms with Gasteiger partial charge in [0.05, 0.1) is 0 Å². The van der Waals surface area contributed by atoms with Crippen molar-refractivity contribution in [2.45, 2.75) is 57.1 Å². The quantitative estimate of drug-likeness (QED) is 0.543. The minimum Gasteiger partial charge on any atom is -0.283 e. The first-order valence-electron chi connectivity index (χ1n) is 9.13. The molecule has 0 atom stereocenters. The molecule has 0 radical (unpaired) electrons. The Morgan fingerprint density at radius 2 is 1.62 bits per heavy atom. The molecule has 1 saturated heterocycles. The van der Waals surface area contributed by atoms with Crippen LogP contribution in [0.5, 0.6) is 0 Å². The molecule has 1 aromatic rings. The van der Waals surface area contributed by atoms with Gasteiger partial charge in [0.2, 0.25) is 11.8 Å². The summed E-state index contributed by atoms with van der Waals surface area (Å²) in [7, 11) is 0. The fourth-order valence-corrected chi connectivity index (χ4v) is 4.98. The van der Waals surface area contributed by atoms with E-state index in [0.29, 0.717) is 19.4 Å². The third kappa shape index (κ3) is 4.41. The molecule has 2 amide bonds. The number of benzene rings is 1. The molecule has 1 aliphatic carbocycles. The number of likely N-dealkylation sites (tertiary alicyclic amines) is 1. The van der Waals surface area contributed by atoms with E-state index in [9.17, 15) is 9.59 Å². The van der Waals surface area contributed by atoms with Gasteiger partial charge in [-0.3, -0.25) is 14.5 Å². The highest BCUT2D eigenvalue weighted by Gasteiger charge is 2.44. The fourth-order valence-electron chi connectivity index (χ4n) is 4.00. The van der Waals surface area contributed by atoms with Crippen molar-refractivity contribution in [2.24, 2.45) is 5.41 Å². The van der Waals surface area contributed by atoms with Gasteiger partial charge >= 0.3 is 0 Å². The largest absolute Gasteiger partial charge is 0.283 e. The number of amides is 2. The number of nitrogens with zero attached hydrogens (tertiary/aromatic N) is 1. The SMILES string of the molecule is O=C1CC2(CCCC2)CC(=O)N1CCCCSCc1ccccc1. The van der Waals surface area contributed by atoms with Gasteiger partial charge in [-0.2, -0.15) is 11.8 Å². The van der Waals surface area contributed by atoms with Crippen molar-refractivity contribution in [3.63, 3.8) is 0 Å². The Kier molecular flexibility index (Phi) is 5.99. The van der Waals surface area contributed by atoms with E-state index in [1.165, 1.54) is 23.3 Å². The molecular formula is C20H27NO2S. The number of imide groups is 1. The first-order valence-corrected chi connectivity index (χ1v) is 10.3. The molecule has 0 N–H and O–H groups in total. The first-order chi connectivity index (χ1) is 11.7. The zero-order chi connectivity index (χ0) is 16.8. The van der Waals surface area contributed by atoms with Crippen molar-refractivity contribution in [2.75, 3.05) is 12.3 Å². The lowest BCUT2D eigenvalue weighted by Gasteiger charge is -2.37. The van der Waals surface area contributed by atoms with Gasteiger partial charge in [0.15, 0.2) is 0 Å². The van der Waals surface area contributed by atoms with Crippen LogP contribution in [0.2, 0.25) is 0 Å². The highest BCUT2D eigenvalue weighted by molar-refractivity contribution is 7.98. The van der Waals surface area contributed by atoms with Gasteiger partial charge in [-0.05, 0) is 42.4 Å². The maximum absolute atomic E-state index is 12.4. The number of hydrogen-bond acceptors (Lipinski definition) is 3. The third-order valence-electron chi connectivity index (χ3n) is 5.35. The van der Waals surface area contributed by atoms with Crippen molar-refractivity contribution >= 4 is 23.6 Å². The number of hydrogen-bond donors (Lipinski definition) is 0. The van der Waals surface area contributed by atoms with Crippen molar-refractivity contribution < 1.29 is 9.59 Å². The van der Waals surface area contributed by atoms with Crippen LogP contribution in [0.4, 0.5) is 0 Å². The van der Waals surface area contributed by atoms with Crippen molar-refractivity contribution in [1.29, 1.82) is 0 Å². The van der Waals surface area contributed by atoms with Gasteiger partial charge in [-0.15, -0.1) is 0 Å². The Balaban J connectivity index is 1.34. The van der Waals surface area contributed by atoms with E-state index in [4.69, 9.17) is 0 Å². The van der Waals surface area contributed by atoms with E-state index in [0.717, 1.165) is 37.2 Å². The van der Waals surface area contributed by atoms with Gasteiger partial charge in [-0.25, -0.2) is 0 Å². The lowest BCUT2D eigenvalue weighted by Crippen LogP contribution is -2.47. The van der Waals surface area contributed by atoms with Gasteiger partial charge in [0.1, 0.15) is 0 Å². The van der Waals surface area contributed by atoms with Crippen LogP contribution < -0.4 is 0 Å². The van der Waals surface area contributed by atoms with Crippen LogP contribution in [0.25, 0.3) is 0 Å². The summed E-state index contributed by atoms with van der Waals surface area (Å²) in [4.78, 5) is 26.3. The highest BCUT2D eigenvalue weighted by atomic mass is 32.2. The van der Waals surface area contributed by atoms with Crippen LogP contribution in [0.3, 0.4) is 0 Å². The summed E-state index contributed by atoms with van der Waals surface area (Å²) in [5, 5.41) is 0. The summed E-state index contributed by atoms with van der Waals surface area (Å²) in [5.74, 6) is 2.26. The molecule has 1 heterocycles. The second-order valence-electron chi connectivity index (χ2n) is 7.25. The van der Waals surface area contributed by atoms with Crippen LogP contribution in [-0.4, -0.2) is 29.0 Å². The smallest absolute Gasteiger partial charge is 0.229 e. The molecular weight excluding hydrogens is 318 g/mol. The maximum atomic E-state index is 12.4. The van der Waals surface area contributed by atoms with Crippen LogP contribution in [0.1, 0.15) is 56.9 Å². The Labute approximate surface area is 149 Å². The van der Waals surface area contributed by atoms with E-state index < -0.39 is 0 Å². The van der Waals surface area contributed by atoms with Crippen molar-refractivity contribution in [3.8, 4) is 0 Å². The zero-order valence-corrected chi connectivity index (χ0v) is 15.2. The predicted molar refractivity (Wildman–Crippen MR) is 98.7 cm³/mol. The average Bonchev–Trinajstić information content (AvgIpc) is 3.01. The molecule has 0 bridgehead atoms.